The molecule has 1 aromatic heterocycles. The number of hydrogen-bond donors (Lipinski definition) is 2. The molecular formula is C25H30N4O4. The van der Waals surface area contributed by atoms with Crippen LogP contribution in [0.5, 0.6) is 0 Å². The van der Waals surface area contributed by atoms with Gasteiger partial charge in [0.15, 0.2) is 12.4 Å². The number of nitrogens with two attached hydrogens (primary N) is 1. The lowest BCUT2D eigenvalue weighted by Crippen LogP contribution is -2.56. The van der Waals surface area contributed by atoms with E-state index in [-0.39, 0.29) is 30.9 Å². The first-order valence-corrected chi connectivity index (χ1v) is 12.1. The summed E-state index contributed by atoms with van der Waals surface area (Å²) in [5, 5.41) is 11.1. The molecule has 4 aliphatic carbocycles. The largest absolute Gasteiger partial charge is 0.456 e. The first-order chi connectivity index (χ1) is 15.9. The standard InChI is InChI=1S/C25H30N4O4/c26-22-18-3-1-2-4-19(18)27-21(28-22)13-33-23(31)20-8-17(30)12-29(20)24(32)25-9-14-5-15(10-25)7-16(6-14)11-25/h1-4,14-17,20,30H,5-13H2,(H2,26,27,28)/t14?,15?,16?,17?,20-,25?/m0/s1. The lowest BCUT2D eigenvalue weighted by Gasteiger charge is -2.56. The van der Waals surface area contributed by atoms with Gasteiger partial charge in [0.25, 0.3) is 0 Å². The fraction of sp³-hybridized carbons (Fsp3) is 0.600. The van der Waals surface area contributed by atoms with E-state index in [0.717, 1.165) is 24.6 Å². The number of aliphatic hydroxyl groups excluding tert-OH is 1. The molecule has 3 N–H and O–H groups in total. The Kier molecular flexibility index (Phi) is 4.83. The van der Waals surface area contributed by atoms with Crippen LogP contribution in [0.25, 0.3) is 10.9 Å². The molecule has 174 valence electrons. The van der Waals surface area contributed by atoms with Crippen LogP contribution in [0.15, 0.2) is 24.3 Å². The first kappa shape index (κ1) is 20.8. The molecular weight excluding hydrogens is 420 g/mol. The van der Waals surface area contributed by atoms with Gasteiger partial charge in [-0.1, -0.05) is 12.1 Å². The molecule has 1 aromatic carbocycles. The van der Waals surface area contributed by atoms with Gasteiger partial charge in [-0.2, -0.15) is 0 Å². The molecule has 5 aliphatic rings. The summed E-state index contributed by atoms with van der Waals surface area (Å²) in [6.45, 7) is 0.0691. The Hall–Kier alpha value is -2.74. The monoisotopic (exact) mass is 450 g/mol. The number of nitrogen functional groups attached to an aromatic ring is 1. The number of fused-ring (bicyclic) bond motifs is 1. The number of carbonyl (C=O) groups is 2. The number of benzene rings is 1. The molecule has 0 spiro atoms. The minimum atomic E-state index is -0.765. The van der Waals surface area contributed by atoms with Crippen molar-refractivity contribution in [3.05, 3.63) is 30.1 Å². The maximum atomic E-state index is 13.8. The van der Waals surface area contributed by atoms with Gasteiger partial charge < -0.3 is 20.5 Å². The molecule has 1 unspecified atom stereocenters. The highest BCUT2D eigenvalue weighted by atomic mass is 16.5. The van der Waals surface area contributed by atoms with Gasteiger partial charge in [-0.05, 0) is 68.4 Å². The summed E-state index contributed by atoms with van der Waals surface area (Å²) in [6.07, 6.45) is 6.01. The molecule has 2 aromatic rings. The van der Waals surface area contributed by atoms with Gasteiger partial charge in [0, 0.05) is 18.4 Å². The van der Waals surface area contributed by atoms with Crippen LogP contribution in [0.2, 0.25) is 0 Å². The number of rotatable bonds is 4. The van der Waals surface area contributed by atoms with E-state index in [1.807, 2.05) is 24.3 Å². The Morgan fingerprint density at radius 1 is 1.06 bits per heavy atom. The lowest BCUT2D eigenvalue weighted by molar-refractivity contribution is -0.166. The Bertz CT molecular complexity index is 1080. The van der Waals surface area contributed by atoms with E-state index in [2.05, 4.69) is 9.97 Å². The summed E-state index contributed by atoms with van der Waals surface area (Å²) >= 11 is 0. The Labute approximate surface area is 192 Å². The van der Waals surface area contributed by atoms with Crippen molar-refractivity contribution >= 4 is 28.6 Å². The average Bonchev–Trinajstić information content (AvgIpc) is 3.17. The van der Waals surface area contributed by atoms with E-state index in [1.54, 1.807) is 4.90 Å². The van der Waals surface area contributed by atoms with Gasteiger partial charge in [0.05, 0.1) is 17.0 Å². The predicted octanol–water partition coefficient (Wildman–Crippen LogP) is 2.43. The smallest absolute Gasteiger partial charge is 0.329 e. The van der Waals surface area contributed by atoms with Crippen molar-refractivity contribution in [2.45, 2.75) is 63.7 Å². The quantitative estimate of drug-likeness (QED) is 0.687. The number of ether oxygens (including phenoxy) is 1. The molecule has 0 radical (unpaired) electrons. The van der Waals surface area contributed by atoms with Crippen molar-refractivity contribution in [3.63, 3.8) is 0 Å². The molecule has 4 saturated carbocycles. The van der Waals surface area contributed by atoms with Crippen LogP contribution in [0.1, 0.15) is 50.8 Å². The Morgan fingerprint density at radius 3 is 2.42 bits per heavy atom. The number of esters is 1. The van der Waals surface area contributed by atoms with Gasteiger partial charge in [0.2, 0.25) is 5.91 Å². The summed E-state index contributed by atoms with van der Waals surface area (Å²) in [6, 6.07) is 6.63. The molecule has 8 heteroatoms. The number of carbonyl (C=O) groups excluding carboxylic acids is 2. The van der Waals surface area contributed by atoms with Gasteiger partial charge >= 0.3 is 5.97 Å². The molecule has 5 fully saturated rings. The van der Waals surface area contributed by atoms with E-state index in [9.17, 15) is 14.7 Å². The molecule has 8 nitrogen and oxygen atoms in total. The number of anilines is 1. The van der Waals surface area contributed by atoms with E-state index in [4.69, 9.17) is 10.5 Å². The molecule has 1 saturated heterocycles. The summed E-state index contributed by atoms with van der Waals surface area (Å²) in [4.78, 5) is 37.1. The lowest BCUT2D eigenvalue weighted by atomic mass is 9.49. The van der Waals surface area contributed by atoms with Gasteiger partial charge in [-0.3, -0.25) is 4.79 Å². The fourth-order valence-electron chi connectivity index (χ4n) is 7.39. The van der Waals surface area contributed by atoms with Crippen molar-refractivity contribution in [2.24, 2.45) is 23.2 Å². The first-order valence-electron chi connectivity index (χ1n) is 12.1. The number of likely N-dealkylation sites (tertiary alicyclic amines) is 1. The summed E-state index contributed by atoms with van der Waals surface area (Å²) in [5.74, 6) is 2.08. The van der Waals surface area contributed by atoms with E-state index < -0.39 is 18.1 Å². The third-order valence-corrected chi connectivity index (χ3v) is 8.33. The topological polar surface area (TPSA) is 119 Å². The Morgan fingerprint density at radius 2 is 1.73 bits per heavy atom. The molecule has 7 rings (SSSR count). The zero-order chi connectivity index (χ0) is 22.7. The van der Waals surface area contributed by atoms with Crippen LogP contribution in [0, 0.1) is 23.2 Å². The summed E-state index contributed by atoms with van der Waals surface area (Å²) in [7, 11) is 0. The van der Waals surface area contributed by atoms with Crippen molar-refractivity contribution in [3.8, 4) is 0 Å². The zero-order valence-electron chi connectivity index (χ0n) is 18.7. The number of amides is 1. The van der Waals surface area contributed by atoms with Crippen LogP contribution >= 0.6 is 0 Å². The Balaban J connectivity index is 1.18. The second kappa shape index (κ2) is 7.65. The highest BCUT2D eigenvalue weighted by molar-refractivity contribution is 5.89. The highest BCUT2D eigenvalue weighted by Crippen LogP contribution is 2.60. The second-order valence-corrected chi connectivity index (χ2v) is 10.7. The van der Waals surface area contributed by atoms with Crippen molar-refractivity contribution in [1.29, 1.82) is 0 Å². The fourth-order valence-corrected chi connectivity index (χ4v) is 7.39. The van der Waals surface area contributed by atoms with Crippen LogP contribution in [-0.2, 0) is 20.9 Å². The van der Waals surface area contributed by atoms with E-state index in [1.165, 1.54) is 19.3 Å². The van der Waals surface area contributed by atoms with Gasteiger partial charge in [0.1, 0.15) is 11.9 Å². The highest BCUT2D eigenvalue weighted by Gasteiger charge is 2.57. The maximum absolute atomic E-state index is 13.8. The predicted molar refractivity (Wildman–Crippen MR) is 120 cm³/mol. The minimum Gasteiger partial charge on any atom is -0.456 e. The van der Waals surface area contributed by atoms with Crippen molar-refractivity contribution < 1.29 is 19.4 Å². The molecule has 2 atom stereocenters. The molecule has 4 bridgehead atoms. The maximum Gasteiger partial charge on any atom is 0.329 e. The normalized spacial score (nSPS) is 34.7. The number of aliphatic hydroxyl groups is 1. The van der Waals surface area contributed by atoms with Crippen LogP contribution in [0.3, 0.4) is 0 Å². The van der Waals surface area contributed by atoms with E-state index in [0.29, 0.717) is 34.9 Å². The number of β-amino-alcohol motifs (C(OH)–C–C–N with tert-alkyl or cyclic N) is 1. The molecule has 1 amide bonds. The number of hydrogen-bond acceptors (Lipinski definition) is 7. The van der Waals surface area contributed by atoms with Crippen LogP contribution < -0.4 is 5.73 Å². The summed E-state index contributed by atoms with van der Waals surface area (Å²) < 4.78 is 5.54. The number of para-hydroxylation sites is 1. The van der Waals surface area contributed by atoms with Crippen LogP contribution in [0.4, 0.5) is 5.82 Å². The number of aromatic nitrogens is 2. The summed E-state index contributed by atoms with van der Waals surface area (Å²) in [5.41, 5.74) is 6.36. The molecule has 2 heterocycles. The van der Waals surface area contributed by atoms with Crippen molar-refractivity contribution in [1.82, 2.24) is 14.9 Å². The van der Waals surface area contributed by atoms with Crippen LogP contribution in [-0.4, -0.2) is 50.5 Å². The van der Waals surface area contributed by atoms with Gasteiger partial charge in [-0.15, -0.1) is 0 Å². The number of nitrogens with zero attached hydrogens (tertiary/aromatic N) is 3. The second-order valence-electron chi connectivity index (χ2n) is 10.7. The van der Waals surface area contributed by atoms with Crippen molar-refractivity contribution in [2.75, 3.05) is 12.3 Å². The average molecular weight is 451 g/mol. The molecule has 1 aliphatic heterocycles. The third kappa shape index (κ3) is 3.55. The van der Waals surface area contributed by atoms with E-state index >= 15 is 0 Å². The zero-order valence-corrected chi connectivity index (χ0v) is 18.7. The minimum absolute atomic E-state index is 0.0475. The third-order valence-electron chi connectivity index (χ3n) is 8.33. The SMILES string of the molecule is Nc1nc(COC(=O)[C@@H]2CC(O)CN2C(=O)C23CC4CC(CC(C4)C2)C3)nc2ccccc12. The van der Waals surface area contributed by atoms with Gasteiger partial charge in [-0.25, -0.2) is 14.8 Å². The molecule has 33 heavy (non-hydrogen) atoms.